The smallest absolute Gasteiger partial charge is 0.169 e. The van der Waals surface area contributed by atoms with E-state index in [1.165, 1.54) is 12.8 Å². The number of ether oxygens (including phenoxy) is 4. The molecule has 1 aliphatic rings. The van der Waals surface area contributed by atoms with E-state index in [0.717, 1.165) is 37.0 Å². The molecule has 2 heterocycles. The molecule has 0 amide bonds. The Morgan fingerprint density at radius 3 is 2.52 bits per heavy atom. The molecule has 2 N–H and O–H groups in total. The number of benzene rings is 3. The predicted octanol–water partition coefficient (Wildman–Crippen LogP) is 6.28. The number of rotatable bonds is 12. The Morgan fingerprint density at radius 1 is 1.00 bits per heavy atom. The largest absolute Gasteiger partial charge is 0.493 e. The number of aliphatic hydroxyl groups excluding tert-OH is 1. The molecule has 4 aromatic rings. The monoisotopic (exact) mass is 568 g/mol. The molecule has 1 atom stereocenters. The Kier molecular flexibility index (Phi) is 9.59. The van der Waals surface area contributed by atoms with Gasteiger partial charge < -0.3 is 29.4 Å². The number of methoxy groups -OCH3 is 2. The highest BCUT2D eigenvalue weighted by atomic mass is 16.5. The van der Waals surface area contributed by atoms with Crippen LogP contribution in [0.5, 0.6) is 28.7 Å². The van der Waals surface area contributed by atoms with Gasteiger partial charge in [-0.25, -0.2) is 0 Å². The fourth-order valence-electron chi connectivity index (χ4n) is 5.28. The van der Waals surface area contributed by atoms with Gasteiger partial charge in [0.25, 0.3) is 0 Å². The summed E-state index contributed by atoms with van der Waals surface area (Å²) in [6.45, 7) is 2.61. The van der Waals surface area contributed by atoms with Crippen molar-refractivity contribution in [3.8, 4) is 34.8 Å². The van der Waals surface area contributed by atoms with Crippen molar-refractivity contribution in [1.29, 1.82) is 5.26 Å². The van der Waals surface area contributed by atoms with E-state index in [0.29, 0.717) is 52.1 Å². The average Bonchev–Trinajstić information content (AvgIpc) is 3.04. The van der Waals surface area contributed by atoms with E-state index in [1.807, 2.05) is 60.7 Å². The predicted molar refractivity (Wildman–Crippen MR) is 162 cm³/mol. The molecule has 9 nitrogen and oxygen atoms in total. The molecule has 1 unspecified atom stereocenters. The van der Waals surface area contributed by atoms with Crippen LogP contribution in [0.3, 0.4) is 0 Å². The maximum absolute atomic E-state index is 9.84. The molecule has 0 saturated carbocycles. The highest BCUT2D eigenvalue weighted by Crippen LogP contribution is 2.38. The standard InChI is InChI=1S/C33H36N4O5/c1-39-29-9-3-4-10-30(29)42-26-13-11-24(12-14-26)36-33-23(20-34)21-35-28-19-32(31(40-2)18-27(28)33)41-17-7-16-37-15-6-5-8-25(37)22-38/h3-4,9-14,18-19,21,25,38H,5-8,15-17,22H2,1-2H3,(H,35,36). The molecule has 1 aromatic heterocycles. The summed E-state index contributed by atoms with van der Waals surface area (Å²) < 4.78 is 23.2. The van der Waals surface area contributed by atoms with Crippen molar-refractivity contribution < 1.29 is 24.1 Å². The molecule has 5 rings (SSSR count). The van der Waals surface area contributed by atoms with Gasteiger partial charge in [0.1, 0.15) is 11.8 Å². The number of hydrogen-bond donors (Lipinski definition) is 2. The highest BCUT2D eigenvalue weighted by Gasteiger charge is 2.21. The maximum Gasteiger partial charge on any atom is 0.169 e. The molecule has 0 spiro atoms. The van der Waals surface area contributed by atoms with Crippen molar-refractivity contribution >= 4 is 22.3 Å². The summed E-state index contributed by atoms with van der Waals surface area (Å²) in [5.41, 5.74) is 2.50. The van der Waals surface area contributed by atoms with Gasteiger partial charge in [0.2, 0.25) is 0 Å². The molecule has 3 aromatic carbocycles. The molecule has 9 heteroatoms. The summed E-state index contributed by atoms with van der Waals surface area (Å²) in [4.78, 5) is 6.88. The minimum absolute atomic E-state index is 0.201. The number of aliphatic hydroxyl groups is 1. The number of fused-ring (bicyclic) bond motifs is 1. The molecule has 0 bridgehead atoms. The molecule has 0 radical (unpaired) electrons. The Labute approximate surface area is 246 Å². The van der Waals surface area contributed by atoms with Gasteiger partial charge in [-0.2, -0.15) is 5.26 Å². The fraction of sp³-hybridized carbons (Fsp3) is 0.333. The third kappa shape index (κ3) is 6.68. The molecule has 0 aliphatic carbocycles. The number of nitrogens with one attached hydrogen (secondary N) is 1. The van der Waals surface area contributed by atoms with Crippen LogP contribution in [0.25, 0.3) is 10.9 Å². The molecular formula is C33H36N4O5. The van der Waals surface area contributed by atoms with E-state index in [1.54, 1.807) is 20.4 Å². The van der Waals surface area contributed by atoms with E-state index < -0.39 is 0 Å². The van der Waals surface area contributed by atoms with Gasteiger partial charge in [0, 0.05) is 35.9 Å². The zero-order chi connectivity index (χ0) is 29.3. The molecule has 42 heavy (non-hydrogen) atoms. The lowest BCUT2D eigenvalue weighted by atomic mass is 10.0. The zero-order valence-electron chi connectivity index (χ0n) is 24.0. The van der Waals surface area contributed by atoms with Gasteiger partial charge in [-0.1, -0.05) is 18.6 Å². The van der Waals surface area contributed by atoms with Gasteiger partial charge in [-0.15, -0.1) is 0 Å². The average molecular weight is 569 g/mol. The van der Waals surface area contributed by atoms with Crippen molar-refractivity contribution in [3.63, 3.8) is 0 Å². The van der Waals surface area contributed by atoms with Crippen LogP contribution in [0.1, 0.15) is 31.2 Å². The van der Waals surface area contributed by atoms with Gasteiger partial charge in [0.15, 0.2) is 23.0 Å². The van der Waals surface area contributed by atoms with Gasteiger partial charge in [-0.3, -0.25) is 9.88 Å². The quantitative estimate of drug-likeness (QED) is 0.191. The van der Waals surface area contributed by atoms with Crippen molar-refractivity contribution in [3.05, 3.63) is 72.4 Å². The van der Waals surface area contributed by atoms with Crippen LogP contribution < -0.4 is 24.3 Å². The minimum Gasteiger partial charge on any atom is -0.493 e. The highest BCUT2D eigenvalue weighted by molar-refractivity contribution is 5.97. The lowest BCUT2D eigenvalue weighted by Gasteiger charge is -2.34. The molecule has 1 aliphatic heterocycles. The Bertz CT molecular complexity index is 1540. The summed E-state index contributed by atoms with van der Waals surface area (Å²) in [5, 5.41) is 23.6. The number of nitriles is 1. The third-order valence-electron chi connectivity index (χ3n) is 7.50. The van der Waals surface area contributed by atoms with Gasteiger partial charge >= 0.3 is 0 Å². The number of likely N-dealkylation sites (tertiary alicyclic amines) is 1. The topological polar surface area (TPSA) is 109 Å². The molecule has 218 valence electrons. The van der Waals surface area contributed by atoms with Gasteiger partial charge in [0.05, 0.1) is 44.2 Å². The number of anilines is 2. The van der Waals surface area contributed by atoms with Crippen molar-refractivity contribution in [2.45, 2.75) is 31.7 Å². The van der Waals surface area contributed by atoms with Crippen molar-refractivity contribution in [2.24, 2.45) is 0 Å². The number of piperidine rings is 1. The summed E-state index contributed by atoms with van der Waals surface area (Å²) in [5.74, 6) is 3.09. The Balaban J connectivity index is 1.31. The van der Waals surface area contributed by atoms with Crippen LogP contribution in [0.15, 0.2) is 66.9 Å². The number of nitrogens with zero attached hydrogens (tertiary/aromatic N) is 3. The lowest BCUT2D eigenvalue weighted by Crippen LogP contribution is -2.42. The maximum atomic E-state index is 9.84. The van der Waals surface area contributed by atoms with E-state index in [-0.39, 0.29) is 12.6 Å². The Hall–Kier alpha value is -4.52. The first kappa shape index (κ1) is 29.0. The van der Waals surface area contributed by atoms with Crippen molar-refractivity contribution in [2.75, 3.05) is 45.8 Å². The van der Waals surface area contributed by atoms with Crippen LogP contribution in [0, 0.1) is 11.3 Å². The van der Waals surface area contributed by atoms with Crippen LogP contribution in [-0.2, 0) is 0 Å². The van der Waals surface area contributed by atoms with E-state index in [4.69, 9.17) is 18.9 Å². The summed E-state index contributed by atoms with van der Waals surface area (Å²) >= 11 is 0. The molecule has 1 saturated heterocycles. The van der Waals surface area contributed by atoms with E-state index in [9.17, 15) is 10.4 Å². The number of para-hydroxylation sites is 2. The van der Waals surface area contributed by atoms with Crippen molar-refractivity contribution in [1.82, 2.24) is 9.88 Å². The molecular weight excluding hydrogens is 532 g/mol. The van der Waals surface area contributed by atoms with E-state index in [2.05, 4.69) is 21.3 Å². The van der Waals surface area contributed by atoms with E-state index >= 15 is 0 Å². The second kappa shape index (κ2) is 13.9. The number of aromatic nitrogens is 1. The molecule has 1 fully saturated rings. The zero-order valence-corrected chi connectivity index (χ0v) is 24.0. The first-order chi connectivity index (χ1) is 20.6. The Morgan fingerprint density at radius 2 is 1.79 bits per heavy atom. The minimum atomic E-state index is 0.201. The van der Waals surface area contributed by atoms with Crippen LogP contribution in [0.2, 0.25) is 0 Å². The third-order valence-corrected chi connectivity index (χ3v) is 7.50. The second-order valence-corrected chi connectivity index (χ2v) is 10.2. The van der Waals surface area contributed by atoms with Crippen LogP contribution in [0.4, 0.5) is 11.4 Å². The first-order valence-electron chi connectivity index (χ1n) is 14.2. The fourth-order valence-corrected chi connectivity index (χ4v) is 5.28. The van der Waals surface area contributed by atoms with Gasteiger partial charge in [-0.05, 0) is 68.3 Å². The number of pyridine rings is 1. The number of hydrogen-bond acceptors (Lipinski definition) is 9. The summed E-state index contributed by atoms with van der Waals surface area (Å²) in [7, 11) is 3.21. The van der Waals surface area contributed by atoms with Crippen LogP contribution in [-0.4, -0.2) is 61.6 Å². The summed E-state index contributed by atoms with van der Waals surface area (Å²) in [6, 6.07) is 21.1. The SMILES string of the molecule is COc1cc2c(Nc3ccc(Oc4ccccc4OC)cc3)c(C#N)cnc2cc1OCCCN1CCCCC1CO. The second-order valence-electron chi connectivity index (χ2n) is 10.2. The lowest BCUT2D eigenvalue weighted by molar-refractivity contribution is 0.0850. The normalized spacial score (nSPS) is 15.1. The van der Waals surface area contributed by atoms with Crippen LogP contribution >= 0.6 is 0 Å². The summed E-state index contributed by atoms with van der Waals surface area (Å²) in [6.07, 6.45) is 5.79. The first-order valence-corrected chi connectivity index (χ1v) is 14.2.